The van der Waals surface area contributed by atoms with Crippen molar-refractivity contribution in [1.29, 1.82) is 0 Å². The second-order valence-electron chi connectivity index (χ2n) is 5.76. The largest absolute Gasteiger partial charge is 0.328 e. The number of nitrogens with one attached hydrogen (secondary N) is 1. The van der Waals surface area contributed by atoms with Crippen LogP contribution in [0, 0.1) is 5.82 Å². The molecular weight excluding hydrogens is 311 g/mol. The molecule has 0 radical (unpaired) electrons. The molecular formula is C16H15FN6O. The van der Waals surface area contributed by atoms with Crippen LogP contribution in [0.2, 0.25) is 0 Å². The molecule has 0 spiro atoms. The van der Waals surface area contributed by atoms with Gasteiger partial charge in [0, 0.05) is 25.0 Å². The normalized spacial score (nSPS) is 18.0. The zero-order valence-electron chi connectivity index (χ0n) is 12.8. The third-order valence-electron chi connectivity index (χ3n) is 4.30. The van der Waals surface area contributed by atoms with E-state index >= 15 is 0 Å². The highest BCUT2D eigenvalue weighted by molar-refractivity contribution is 5.97. The van der Waals surface area contributed by atoms with Crippen LogP contribution in [0.1, 0.15) is 41.5 Å². The lowest BCUT2D eigenvalue weighted by Crippen LogP contribution is -2.39. The first-order valence-corrected chi connectivity index (χ1v) is 7.80. The van der Waals surface area contributed by atoms with Crippen molar-refractivity contribution in [3.8, 4) is 0 Å². The molecule has 2 aromatic heterocycles. The van der Waals surface area contributed by atoms with E-state index in [2.05, 4.69) is 25.1 Å². The van der Waals surface area contributed by atoms with E-state index in [9.17, 15) is 9.18 Å². The molecule has 1 aromatic carbocycles. The number of halogens is 1. The number of aromatic amines is 1. The molecule has 1 fully saturated rings. The maximum atomic E-state index is 14.4. The molecule has 8 heteroatoms. The maximum absolute atomic E-state index is 14.4. The average molecular weight is 326 g/mol. The minimum absolute atomic E-state index is 0.00872. The van der Waals surface area contributed by atoms with Crippen molar-refractivity contribution in [1.82, 2.24) is 30.0 Å². The molecule has 0 unspecified atom stereocenters. The van der Waals surface area contributed by atoms with Crippen molar-refractivity contribution in [2.45, 2.75) is 25.3 Å². The third kappa shape index (κ3) is 2.49. The van der Waals surface area contributed by atoms with Crippen molar-refractivity contribution in [3.05, 3.63) is 48.1 Å². The lowest BCUT2D eigenvalue weighted by atomic mass is 10.00. The van der Waals surface area contributed by atoms with Crippen LogP contribution in [0.5, 0.6) is 0 Å². The highest BCUT2D eigenvalue weighted by atomic mass is 19.1. The van der Waals surface area contributed by atoms with Crippen LogP contribution >= 0.6 is 0 Å². The molecule has 1 atom stereocenters. The predicted molar refractivity (Wildman–Crippen MR) is 83.5 cm³/mol. The van der Waals surface area contributed by atoms with Gasteiger partial charge in [0.2, 0.25) is 0 Å². The van der Waals surface area contributed by atoms with Crippen LogP contribution in [-0.2, 0) is 0 Å². The summed E-state index contributed by atoms with van der Waals surface area (Å²) in [6.07, 6.45) is 7.07. The molecule has 1 N–H and O–H groups in total. The van der Waals surface area contributed by atoms with E-state index in [4.69, 9.17) is 0 Å². The Balaban J connectivity index is 1.72. The number of nitrogens with zero attached hydrogens (tertiary/aromatic N) is 5. The number of rotatable bonds is 2. The molecule has 0 saturated carbocycles. The van der Waals surface area contributed by atoms with Gasteiger partial charge < -0.3 is 4.90 Å². The fourth-order valence-electron chi connectivity index (χ4n) is 3.14. The lowest BCUT2D eigenvalue weighted by molar-refractivity contribution is 0.0596. The van der Waals surface area contributed by atoms with Crippen molar-refractivity contribution in [3.63, 3.8) is 0 Å². The van der Waals surface area contributed by atoms with E-state index in [1.54, 1.807) is 4.90 Å². The fourth-order valence-corrected chi connectivity index (χ4v) is 3.14. The fraction of sp³-hybridized carbons (Fsp3) is 0.312. The molecule has 3 heterocycles. The second kappa shape index (κ2) is 5.95. The lowest BCUT2D eigenvalue weighted by Gasteiger charge is -2.34. The summed E-state index contributed by atoms with van der Waals surface area (Å²) in [5.41, 5.74) is 0.932. The Hall–Kier alpha value is -2.90. The summed E-state index contributed by atoms with van der Waals surface area (Å²) >= 11 is 0. The van der Waals surface area contributed by atoms with Crippen LogP contribution in [-0.4, -0.2) is 42.5 Å². The van der Waals surface area contributed by atoms with Crippen LogP contribution < -0.4 is 0 Å². The summed E-state index contributed by atoms with van der Waals surface area (Å²) in [5.74, 6) is -0.319. The van der Waals surface area contributed by atoms with Gasteiger partial charge in [-0.1, -0.05) is 0 Å². The van der Waals surface area contributed by atoms with Crippen molar-refractivity contribution < 1.29 is 9.18 Å². The van der Waals surface area contributed by atoms with Crippen molar-refractivity contribution >= 4 is 16.9 Å². The predicted octanol–water partition coefficient (Wildman–Crippen LogP) is 2.25. The molecule has 4 rings (SSSR count). The van der Waals surface area contributed by atoms with E-state index in [1.165, 1.54) is 30.9 Å². The van der Waals surface area contributed by atoms with E-state index in [0.717, 1.165) is 19.3 Å². The van der Waals surface area contributed by atoms with Gasteiger partial charge >= 0.3 is 0 Å². The topological polar surface area (TPSA) is 87.7 Å². The standard InChI is InChI=1S/C16H15FN6O/c17-11-8-13-12(18-4-5-19-13)7-10(11)16(24)23-6-2-1-3-14(23)15-20-9-21-22-15/h4-5,7-9,14H,1-3,6H2,(H,20,21,22)/t14-/m0/s1. The minimum Gasteiger partial charge on any atom is -0.328 e. The first-order chi connectivity index (χ1) is 11.7. The SMILES string of the molecule is O=C(c1cc2nccnc2cc1F)N1CCCC[C@H]1c1ncn[nH]1. The molecule has 3 aromatic rings. The number of carbonyl (C=O) groups is 1. The van der Waals surface area contributed by atoms with Gasteiger partial charge in [-0.3, -0.25) is 19.9 Å². The summed E-state index contributed by atoms with van der Waals surface area (Å²) in [4.78, 5) is 27.0. The zero-order chi connectivity index (χ0) is 16.5. The Labute approximate surface area is 136 Å². The summed E-state index contributed by atoms with van der Waals surface area (Å²) in [5, 5.41) is 6.67. The number of carbonyl (C=O) groups excluding carboxylic acids is 1. The Morgan fingerprint density at radius 3 is 2.71 bits per heavy atom. The van der Waals surface area contributed by atoms with Gasteiger partial charge in [-0.05, 0) is 25.3 Å². The molecule has 0 bridgehead atoms. The second-order valence-corrected chi connectivity index (χ2v) is 5.76. The molecule has 1 aliphatic heterocycles. The van der Waals surface area contributed by atoms with Gasteiger partial charge in [-0.25, -0.2) is 9.37 Å². The van der Waals surface area contributed by atoms with Gasteiger partial charge in [0.25, 0.3) is 5.91 Å². The van der Waals surface area contributed by atoms with Crippen molar-refractivity contribution in [2.75, 3.05) is 6.54 Å². The molecule has 24 heavy (non-hydrogen) atoms. The Kier molecular flexibility index (Phi) is 3.64. The summed E-state index contributed by atoms with van der Waals surface area (Å²) in [6, 6.07) is 2.50. The smallest absolute Gasteiger partial charge is 0.257 e. The van der Waals surface area contributed by atoms with Crippen LogP contribution in [0.3, 0.4) is 0 Å². The van der Waals surface area contributed by atoms with Crippen LogP contribution in [0.15, 0.2) is 30.9 Å². The molecule has 0 aliphatic carbocycles. The van der Waals surface area contributed by atoms with Crippen LogP contribution in [0.25, 0.3) is 11.0 Å². The molecule has 1 aliphatic rings. The van der Waals surface area contributed by atoms with Gasteiger partial charge in [0.1, 0.15) is 18.0 Å². The number of fused-ring (bicyclic) bond motifs is 1. The molecule has 1 amide bonds. The third-order valence-corrected chi connectivity index (χ3v) is 4.30. The van der Waals surface area contributed by atoms with Gasteiger partial charge in [-0.2, -0.15) is 5.10 Å². The van der Waals surface area contributed by atoms with Gasteiger partial charge in [0.15, 0.2) is 0 Å². The number of amides is 1. The van der Waals surface area contributed by atoms with Gasteiger partial charge in [0.05, 0.1) is 22.6 Å². The Morgan fingerprint density at radius 1 is 1.17 bits per heavy atom. The highest BCUT2D eigenvalue weighted by Crippen LogP contribution is 2.30. The van der Waals surface area contributed by atoms with E-state index in [0.29, 0.717) is 23.4 Å². The quantitative estimate of drug-likeness (QED) is 0.780. The minimum atomic E-state index is -0.588. The highest BCUT2D eigenvalue weighted by Gasteiger charge is 2.32. The van der Waals surface area contributed by atoms with Crippen molar-refractivity contribution in [2.24, 2.45) is 0 Å². The number of piperidine rings is 1. The number of hydrogen-bond donors (Lipinski definition) is 1. The number of hydrogen-bond acceptors (Lipinski definition) is 5. The van der Waals surface area contributed by atoms with E-state index in [1.807, 2.05) is 0 Å². The van der Waals surface area contributed by atoms with E-state index < -0.39 is 5.82 Å². The maximum Gasteiger partial charge on any atom is 0.257 e. The first kappa shape index (κ1) is 14.7. The summed E-state index contributed by atoms with van der Waals surface area (Å²) in [7, 11) is 0. The van der Waals surface area contributed by atoms with Crippen LogP contribution in [0.4, 0.5) is 4.39 Å². The average Bonchev–Trinajstić information content (AvgIpc) is 3.15. The Morgan fingerprint density at radius 2 is 1.96 bits per heavy atom. The number of aromatic nitrogens is 5. The number of benzene rings is 1. The molecule has 1 saturated heterocycles. The van der Waals surface area contributed by atoms with Gasteiger partial charge in [-0.15, -0.1) is 0 Å². The number of likely N-dealkylation sites (tertiary alicyclic amines) is 1. The molecule has 122 valence electrons. The summed E-state index contributed by atoms with van der Waals surface area (Å²) in [6.45, 7) is 0.558. The molecule has 7 nitrogen and oxygen atoms in total. The van der Waals surface area contributed by atoms with E-state index in [-0.39, 0.29) is 17.5 Å². The monoisotopic (exact) mass is 326 g/mol. The first-order valence-electron chi connectivity index (χ1n) is 7.80. The number of H-pyrrole nitrogens is 1. The zero-order valence-corrected chi connectivity index (χ0v) is 12.8. The Bertz CT molecular complexity index is 881. The summed E-state index contributed by atoms with van der Waals surface area (Å²) < 4.78 is 14.4.